The van der Waals surface area contributed by atoms with E-state index in [9.17, 15) is 18.7 Å². The number of hydrogen-bond donors (Lipinski definition) is 2. The van der Waals surface area contributed by atoms with E-state index in [0.29, 0.717) is 0 Å². The van der Waals surface area contributed by atoms with Crippen LogP contribution in [0.3, 0.4) is 0 Å². The van der Waals surface area contributed by atoms with E-state index in [4.69, 9.17) is 0 Å². The van der Waals surface area contributed by atoms with Gasteiger partial charge in [0.15, 0.2) is 0 Å². The summed E-state index contributed by atoms with van der Waals surface area (Å²) in [6, 6.07) is 3.74. The van der Waals surface area contributed by atoms with Crippen molar-refractivity contribution in [3.8, 4) is 0 Å². The third-order valence-corrected chi connectivity index (χ3v) is 4.33. The first-order valence-electron chi connectivity index (χ1n) is 8.10. The molecular weight excluding hydrogens is 302 g/mol. The van der Waals surface area contributed by atoms with E-state index >= 15 is 0 Å². The van der Waals surface area contributed by atoms with Crippen molar-refractivity contribution in [1.29, 1.82) is 0 Å². The standard InChI is InChI=1S/C17H24F2N2O2/c1-12(22)16-7-2-3-10-21(16)11-17(23)20-9-8-13-14(18)5-4-6-15(13)19/h4-6,12,16,22H,2-3,7-11H2,1H3,(H,20,23). The van der Waals surface area contributed by atoms with Crippen LogP contribution in [-0.2, 0) is 11.2 Å². The van der Waals surface area contributed by atoms with Gasteiger partial charge in [0.1, 0.15) is 11.6 Å². The van der Waals surface area contributed by atoms with Gasteiger partial charge in [0.05, 0.1) is 12.6 Å². The molecule has 2 rings (SSSR count). The van der Waals surface area contributed by atoms with Gasteiger partial charge in [0, 0.05) is 18.2 Å². The fourth-order valence-electron chi connectivity index (χ4n) is 3.10. The Labute approximate surface area is 135 Å². The zero-order chi connectivity index (χ0) is 16.8. The zero-order valence-electron chi connectivity index (χ0n) is 13.4. The predicted molar refractivity (Wildman–Crippen MR) is 84.0 cm³/mol. The Morgan fingerprint density at radius 3 is 2.74 bits per heavy atom. The van der Waals surface area contributed by atoms with Crippen molar-refractivity contribution in [3.63, 3.8) is 0 Å². The van der Waals surface area contributed by atoms with E-state index in [1.165, 1.54) is 18.2 Å². The van der Waals surface area contributed by atoms with Gasteiger partial charge in [-0.15, -0.1) is 0 Å². The molecular formula is C17H24F2N2O2. The second-order valence-electron chi connectivity index (χ2n) is 6.07. The largest absolute Gasteiger partial charge is 0.392 e. The molecule has 0 saturated carbocycles. The first kappa shape index (κ1) is 17.8. The lowest BCUT2D eigenvalue weighted by atomic mass is 9.98. The quantitative estimate of drug-likeness (QED) is 0.839. The molecule has 2 unspecified atom stereocenters. The third-order valence-electron chi connectivity index (χ3n) is 4.33. The van der Waals surface area contributed by atoms with Gasteiger partial charge in [-0.25, -0.2) is 8.78 Å². The number of nitrogens with zero attached hydrogens (tertiary/aromatic N) is 1. The van der Waals surface area contributed by atoms with Crippen LogP contribution in [0.15, 0.2) is 18.2 Å². The maximum absolute atomic E-state index is 13.5. The summed E-state index contributed by atoms with van der Waals surface area (Å²) in [6.45, 7) is 2.91. The Balaban J connectivity index is 1.81. The molecule has 1 aromatic carbocycles. The lowest BCUT2D eigenvalue weighted by Gasteiger charge is -2.36. The van der Waals surface area contributed by atoms with Gasteiger partial charge < -0.3 is 10.4 Å². The van der Waals surface area contributed by atoms with Crippen LogP contribution in [-0.4, -0.2) is 47.7 Å². The maximum atomic E-state index is 13.5. The second-order valence-corrected chi connectivity index (χ2v) is 6.07. The van der Waals surface area contributed by atoms with E-state index in [1.54, 1.807) is 6.92 Å². The van der Waals surface area contributed by atoms with Crippen LogP contribution < -0.4 is 5.32 Å². The average Bonchev–Trinajstić information content (AvgIpc) is 2.50. The molecule has 1 heterocycles. The number of amides is 1. The third kappa shape index (κ3) is 4.97. The number of hydrogen-bond acceptors (Lipinski definition) is 3. The molecule has 6 heteroatoms. The van der Waals surface area contributed by atoms with Crippen LogP contribution >= 0.6 is 0 Å². The van der Waals surface area contributed by atoms with Gasteiger partial charge in [0.2, 0.25) is 5.91 Å². The number of nitrogens with one attached hydrogen (secondary N) is 1. The summed E-state index contributed by atoms with van der Waals surface area (Å²) in [5.74, 6) is -1.37. The van der Waals surface area contributed by atoms with Gasteiger partial charge in [-0.05, 0) is 44.9 Å². The van der Waals surface area contributed by atoms with Crippen LogP contribution in [0.5, 0.6) is 0 Å². The molecule has 2 atom stereocenters. The van der Waals surface area contributed by atoms with Crippen LogP contribution in [0.25, 0.3) is 0 Å². The molecule has 23 heavy (non-hydrogen) atoms. The molecule has 2 N–H and O–H groups in total. The van der Waals surface area contributed by atoms with Crippen LogP contribution in [0.4, 0.5) is 8.78 Å². The number of benzene rings is 1. The van der Waals surface area contributed by atoms with Crippen molar-refractivity contribution in [2.24, 2.45) is 0 Å². The Hall–Kier alpha value is -1.53. The first-order chi connectivity index (χ1) is 11.0. The molecule has 1 amide bonds. The van der Waals surface area contributed by atoms with Crippen molar-refractivity contribution in [3.05, 3.63) is 35.4 Å². The monoisotopic (exact) mass is 326 g/mol. The molecule has 0 bridgehead atoms. The Morgan fingerprint density at radius 2 is 2.09 bits per heavy atom. The molecule has 1 aromatic rings. The second kappa shape index (κ2) is 8.36. The summed E-state index contributed by atoms with van der Waals surface area (Å²) < 4.78 is 27.0. The highest BCUT2D eigenvalue weighted by Gasteiger charge is 2.27. The molecule has 128 valence electrons. The summed E-state index contributed by atoms with van der Waals surface area (Å²) in [7, 11) is 0. The molecule has 1 aliphatic heterocycles. The summed E-state index contributed by atoms with van der Waals surface area (Å²) >= 11 is 0. The molecule has 0 aromatic heterocycles. The lowest BCUT2D eigenvalue weighted by Crippen LogP contribution is -2.50. The number of piperidine rings is 1. The highest BCUT2D eigenvalue weighted by atomic mass is 19.1. The molecule has 4 nitrogen and oxygen atoms in total. The van der Waals surface area contributed by atoms with E-state index in [0.717, 1.165) is 25.8 Å². The fraction of sp³-hybridized carbons (Fsp3) is 0.588. The van der Waals surface area contributed by atoms with E-state index in [-0.39, 0.29) is 37.0 Å². The number of carbonyl (C=O) groups is 1. The summed E-state index contributed by atoms with van der Waals surface area (Å²) in [5, 5.41) is 12.5. The van der Waals surface area contributed by atoms with E-state index in [2.05, 4.69) is 5.32 Å². The van der Waals surface area contributed by atoms with Crippen molar-refractivity contribution >= 4 is 5.91 Å². The molecule has 1 aliphatic rings. The minimum absolute atomic E-state index is 0.00138. The van der Waals surface area contributed by atoms with E-state index < -0.39 is 17.7 Å². The highest BCUT2D eigenvalue weighted by Crippen LogP contribution is 2.19. The lowest BCUT2D eigenvalue weighted by molar-refractivity contribution is -0.123. The van der Waals surface area contributed by atoms with Gasteiger partial charge in [0.25, 0.3) is 0 Å². The number of likely N-dealkylation sites (tertiary alicyclic amines) is 1. The highest BCUT2D eigenvalue weighted by molar-refractivity contribution is 5.78. The number of halogens is 2. The van der Waals surface area contributed by atoms with E-state index in [1.807, 2.05) is 4.90 Å². The predicted octanol–water partition coefficient (Wildman–Crippen LogP) is 1.86. The minimum atomic E-state index is -0.593. The molecule has 1 saturated heterocycles. The molecule has 1 fully saturated rings. The summed E-state index contributed by atoms with van der Waals surface area (Å²) in [5.41, 5.74) is -0.00682. The van der Waals surface area contributed by atoms with Gasteiger partial charge >= 0.3 is 0 Å². The van der Waals surface area contributed by atoms with Gasteiger partial charge in [-0.2, -0.15) is 0 Å². The van der Waals surface area contributed by atoms with Crippen molar-refractivity contribution in [1.82, 2.24) is 10.2 Å². The number of aliphatic hydroxyl groups is 1. The Bertz CT molecular complexity index is 517. The molecule has 0 spiro atoms. The van der Waals surface area contributed by atoms with Crippen molar-refractivity contribution in [2.75, 3.05) is 19.6 Å². The van der Waals surface area contributed by atoms with Crippen molar-refractivity contribution < 1.29 is 18.7 Å². The van der Waals surface area contributed by atoms with Gasteiger partial charge in [-0.3, -0.25) is 9.69 Å². The molecule has 0 aliphatic carbocycles. The number of rotatable bonds is 6. The fourth-order valence-corrected chi connectivity index (χ4v) is 3.10. The van der Waals surface area contributed by atoms with Gasteiger partial charge in [-0.1, -0.05) is 12.5 Å². The van der Waals surface area contributed by atoms with Crippen molar-refractivity contribution in [2.45, 2.75) is 44.8 Å². The topological polar surface area (TPSA) is 52.6 Å². The Morgan fingerprint density at radius 1 is 1.39 bits per heavy atom. The maximum Gasteiger partial charge on any atom is 0.234 e. The first-order valence-corrected chi connectivity index (χ1v) is 8.10. The van der Waals surface area contributed by atoms with Crippen LogP contribution in [0.1, 0.15) is 31.7 Å². The summed E-state index contributed by atoms with van der Waals surface area (Å²) in [6.07, 6.45) is 2.59. The molecule has 0 radical (unpaired) electrons. The number of aliphatic hydroxyl groups excluding tert-OH is 1. The normalized spacial score (nSPS) is 20.3. The number of carbonyl (C=O) groups excluding carboxylic acids is 1. The SMILES string of the molecule is CC(O)C1CCCCN1CC(=O)NCCc1c(F)cccc1F. The smallest absolute Gasteiger partial charge is 0.234 e. The summed E-state index contributed by atoms with van der Waals surface area (Å²) in [4.78, 5) is 14.0. The Kier molecular flexibility index (Phi) is 6.47. The minimum Gasteiger partial charge on any atom is -0.392 e. The zero-order valence-corrected chi connectivity index (χ0v) is 13.4. The van der Waals surface area contributed by atoms with Crippen LogP contribution in [0.2, 0.25) is 0 Å². The average molecular weight is 326 g/mol. The van der Waals surface area contributed by atoms with Crippen LogP contribution in [0, 0.1) is 11.6 Å².